The molecule has 0 saturated carbocycles. The number of alkyl halides is 1. The molecule has 0 aromatic carbocycles. The monoisotopic (exact) mass is 246 g/mol. The lowest BCUT2D eigenvalue weighted by Crippen LogP contribution is -2.36. The largest absolute Gasteiger partial charge is 0.480 e. The topological polar surface area (TPSA) is 69.6 Å². The molecule has 1 heterocycles. The Hall–Kier alpha value is -1.17. The van der Waals surface area contributed by atoms with Crippen LogP contribution in [-0.2, 0) is 9.59 Å². The Labute approximate surface area is 100.0 Å². The number of carbonyl (C=O) groups is 2. The van der Waals surface area contributed by atoms with Crippen LogP contribution in [0.25, 0.3) is 0 Å². The smallest absolute Gasteiger partial charge is 0.326 e. The van der Waals surface area contributed by atoms with Gasteiger partial charge in [-0.2, -0.15) is 0 Å². The average Bonchev–Trinajstić information content (AvgIpc) is 2.57. The second kappa shape index (κ2) is 5.95. The zero-order valence-corrected chi connectivity index (χ0v) is 9.99. The number of carboxylic acid groups (broad SMARTS) is 1. The van der Waals surface area contributed by atoms with Gasteiger partial charge in [-0.05, 0) is 32.7 Å². The van der Waals surface area contributed by atoms with Crippen LogP contribution in [0.15, 0.2) is 0 Å². The summed E-state index contributed by atoms with van der Waals surface area (Å²) in [6.45, 7) is 3.38. The number of amides is 1. The number of nitrogens with one attached hydrogen (secondary N) is 1. The molecule has 0 aromatic rings. The second-order valence-corrected chi connectivity index (χ2v) is 4.76. The number of carbonyl (C=O) groups excluding carboxylic acids is 1. The Bertz CT molecular complexity index is 284. The summed E-state index contributed by atoms with van der Waals surface area (Å²) in [5.74, 6) is -1.03. The molecule has 2 N–H and O–H groups in total. The highest BCUT2D eigenvalue weighted by Crippen LogP contribution is 2.24. The lowest BCUT2D eigenvalue weighted by Gasteiger charge is -2.18. The molecule has 1 saturated heterocycles. The van der Waals surface area contributed by atoms with Crippen LogP contribution >= 0.6 is 0 Å². The Kier molecular flexibility index (Phi) is 4.86. The molecule has 0 aliphatic carbocycles. The molecule has 2 unspecified atom stereocenters. The zero-order chi connectivity index (χ0) is 12.9. The fraction of sp³-hybridized carbons (Fsp3) is 0.818. The van der Waals surface area contributed by atoms with Gasteiger partial charge < -0.3 is 15.3 Å². The highest BCUT2D eigenvalue weighted by molar-refractivity contribution is 5.76. The maximum absolute atomic E-state index is 13.5. The number of hydrogen-bond donors (Lipinski definition) is 2. The molecule has 1 amide bonds. The van der Waals surface area contributed by atoms with Crippen molar-refractivity contribution in [1.82, 2.24) is 10.2 Å². The van der Waals surface area contributed by atoms with E-state index in [9.17, 15) is 14.0 Å². The minimum atomic E-state index is -1.12. The van der Waals surface area contributed by atoms with E-state index in [1.54, 1.807) is 6.92 Å². The summed E-state index contributed by atoms with van der Waals surface area (Å²) in [4.78, 5) is 22.9. The summed E-state index contributed by atoms with van der Waals surface area (Å²) in [5, 5.41) is 11.0. The number of carboxylic acids is 1. The van der Waals surface area contributed by atoms with E-state index in [0.717, 1.165) is 0 Å². The number of halogens is 1. The first-order chi connectivity index (χ1) is 7.94. The zero-order valence-electron chi connectivity index (χ0n) is 9.99. The van der Waals surface area contributed by atoms with Crippen molar-refractivity contribution in [1.29, 1.82) is 0 Å². The Morgan fingerprint density at radius 2 is 2.41 bits per heavy atom. The first-order valence-electron chi connectivity index (χ1n) is 5.78. The number of aliphatic carboxylic acids is 1. The Balaban J connectivity index is 2.23. The summed E-state index contributed by atoms with van der Waals surface area (Å²) < 4.78 is 13.5. The van der Waals surface area contributed by atoms with Crippen molar-refractivity contribution >= 4 is 12.4 Å². The van der Waals surface area contributed by atoms with Crippen LogP contribution in [0.5, 0.6) is 0 Å². The molecule has 1 aliphatic rings. The van der Waals surface area contributed by atoms with E-state index in [1.165, 1.54) is 0 Å². The fourth-order valence-electron chi connectivity index (χ4n) is 2.09. The highest BCUT2D eigenvalue weighted by atomic mass is 19.1. The van der Waals surface area contributed by atoms with Gasteiger partial charge in [-0.25, -0.2) is 9.18 Å². The highest BCUT2D eigenvalue weighted by Gasteiger charge is 2.33. The SMILES string of the molecule is CC1(F)CCN(CCCC(NC=O)C(=O)O)C1. The maximum atomic E-state index is 13.5. The number of rotatable bonds is 7. The van der Waals surface area contributed by atoms with Crippen LogP contribution in [-0.4, -0.2) is 53.7 Å². The molecule has 2 atom stereocenters. The number of nitrogens with zero attached hydrogens (tertiary/aromatic N) is 1. The molecule has 1 aliphatic heterocycles. The van der Waals surface area contributed by atoms with E-state index in [2.05, 4.69) is 5.32 Å². The molecule has 6 heteroatoms. The quantitative estimate of drug-likeness (QED) is 0.638. The van der Waals surface area contributed by atoms with Gasteiger partial charge in [0.15, 0.2) is 0 Å². The van der Waals surface area contributed by atoms with E-state index in [4.69, 9.17) is 5.11 Å². The molecule has 5 nitrogen and oxygen atoms in total. The van der Waals surface area contributed by atoms with Crippen molar-refractivity contribution in [3.63, 3.8) is 0 Å². The standard InChI is InChI=1S/C11H19FN2O3/c1-11(12)4-6-14(7-11)5-2-3-9(10(16)17)13-8-15/h8-9H,2-7H2,1H3,(H,13,15)(H,16,17). The first kappa shape index (κ1) is 13.9. The molecule has 1 fully saturated rings. The molecule has 0 bridgehead atoms. The van der Waals surface area contributed by atoms with E-state index in [-0.39, 0.29) is 0 Å². The summed E-state index contributed by atoms with van der Waals surface area (Å²) in [6.07, 6.45) is 1.93. The molecular formula is C11H19FN2O3. The van der Waals surface area contributed by atoms with Crippen LogP contribution in [0.3, 0.4) is 0 Å². The maximum Gasteiger partial charge on any atom is 0.326 e. The normalized spacial score (nSPS) is 26.7. The van der Waals surface area contributed by atoms with Crippen LogP contribution in [0, 0.1) is 0 Å². The molecule has 17 heavy (non-hydrogen) atoms. The lowest BCUT2D eigenvalue weighted by atomic mass is 10.1. The molecule has 0 spiro atoms. The third-order valence-corrected chi connectivity index (χ3v) is 3.04. The summed E-state index contributed by atoms with van der Waals surface area (Å²) in [7, 11) is 0. The molecule has 0 aromatic heterocycles. The van der Waals surface area contributed by atoms with Crippen molar-refractivity contribution in [2.75, 3.05) is 19.6 Å². The van der Waals surface area contributed by atoms with E-state index >= 15 is 0 Å². The summed E-state index contributed by atoms with van der Waals surface area (Å²) >= 11 is 0. The summed E-state index contributed by atoms with van der Waals surface area (Å²) in [6, 6.07) is -0.841. The third kappa shape index (κ3) is 4.68. The van der Waals surface area contributed by atoms with Crippen molar-refractivity contribution in [3.8, 4) is 0 Å². The fourth-order valence-corrected chi connectivity index (χ4v) is 2.09. The van der Waals surface area contributed by atoms with Gasteiger partial charge >= 0.3 is 5.97 Å². The third-order valence-electron chi connectivity index (χ3n) is 3.04. The van der Waals surface area contributed by atoms with Crippen LogP contribution in [0.4, 0.5) is 4.39 Å². The predicted molar refractivity (Wildman–Crippen MR) is 60.4 cm³/mol. The van der Waals surface area contributed by atoms with Crippen molar-refractivity contribution in [2.45, 2.75) is 37.9 Å². The van der Waals surface area contributed by atoms with Crippen LogP contribution < -0.4 is 5.32 Å². The van der Waals surface area contributed by atoms with Gasteiger partial charge in [0.05, 0.1) is 0 Å². The Morgan fingerprint density at radius 1 is 1.71 bits per heavy atom. The van der Waals surface area contributed by atoms with Crippen molar-refractivity contribution in [3.05, 3.63) is 0 Å². The summed E-state index contributed by atoms with van der Waals surface area (Å²) in [5.41, 5.74) is -1.12. The van der Waals surface area contributed by atoms with Crippen LogP contribution in [0.2, 0.25) is 0 Å². The first-order valence-corrected chi connectivity index (χ1v) is 5.78. The molecule has 1 rings (SSSR count). The molecule has 98 valence electrons. The average molecular weight is 246 g/mol. The van der Waals surface area contributed by atoms with Gasteiger partial charge in [-0.1, -0.05) is 0 Å². The van der Waals surface area contributed by atoms with Gasteiger partial charge in [0.2, 0.25) is 6.41 Å². The molecular weight excluding hydrogens is 227 g/mol. The molecule has 0 radical (unpaired) electrons. The Morgan fingerprint density at radius 3 is 2.88 bits per heavy atom. The van der Waals surface area contributed by atoms with Gasteiger partial charge in [-0.15, -0.1) is 0 Å². The number of hydrogen-bond acceptors (Lipinski definition) is 3. The second-order valence-electron chi connectivity index (χ2n) is 4.76. The van der Waals surface area contributed by atoms with Crippen molar-refractivity contribution < 1.29 is 19.1 Å². The van der Waals surface area contributed by atoms with E-state index in [1.807, 2.05) is 4.90 Å². The van der Waals surface area contributed by atoms with E-state index < -0.39 is 17.7 Å². The van der Waals surface area contributed by atoms with Gasteiger partial charge in [0.1, 0.15) is 11.7 Å². The van der Waals surface area contributed by atoms with Gasteiger partial charge in [-0.3, -0.25) is 4.79 Å². The minimum Gasteiger partial charge on any atom is -0.480 e. The minimum absolute atomic E-state index is 0.369. The van der Waals surface area contributed by atoms with E-state index in [0.29, 0.717) is 45.3 Å². The van der Waals surface area contributed by atoms with Gasteiger partial charge in [0.25, 0.3) is 0 Å². The number of likely N-dealkylation sites (tertiary alicyclic amines) is 1. The lowest BCUT2D eigenvalue weighted by molar-refractivity contribution is -0.140. The van der Waals surface area contributed by atoms with Gasteiger partial charge in [0, 0.05) is 13.1 Å². The van der Waals surface area contributed by atoms with Crippen LogP contribution in [0.1, 0.15) is 26.2 Å². The predicted octanol–water partition coefficient (Wildman–Crippen LogP) is 0.400. The van der Waals surface area contributed by atoms with Crippen molar-refractivity contribution in [2.24, 2.45) is 0 Å².